The average Bonchev–Trinajstić information content (AvgIpc) is 1.05. The zero-order chi connectivity index (χ0) is 79.6. The highest BCUT2D eigenvalue weighted by atomic mass is 15.0. The fourth-order valence-corrected chi connectivity index (χ4v) is 17.9. The Morgan fingerprint density at radius 2 is 0.242 bits per heavy atom. The van der Waals surface area contributed by atoms with Crippen LogP contribution in [0, 0.1) is 41.5 Å². The van der Waals surface area contributed by atoms with Crippen molar-refractivity contribution in [2.75, 3.05) is 0 Å². The van der Waals surface area contributed by atoms with Crippen LogP contribution in [0.4, 0.5) is 0 Å². The molecule has 570 valence electrons. The van der Waals surface area contributed by atoms with Gasteiger partial charge in [0.1, 0.15) is 69.9 Å². The van der Waals surface area contributed by atoms with Crippen LogP contribution in [-0.4, -0.2) is 120 Å². The summed E-state index contributed by atoms with van der Waals surface area (Å²) in [5.74, 6) is 9.43. The molecule has 0 bridgehead atoms. The Hall–Kier alpha value is -16.5. The fourth-order valence-electron chi connectivity index (χ4n) is 17.9. The Labute approximate surface area is 678 Å². The zero-order valence-electron chi connectivity index (χ0n) is 65.2. The topological polar surface area (TPSA) is 344 Å². The summed E-state index contributed by atoms with van der Waals surface area (Å²) >= 11 is 0. The van der Waals surface area contributed by atoms with E-state index in [2.05, 4.69) is 278 Å². The molecule has 24 heteroatoms. The van der Waals surface area contributed by atoms with Gasteiger partial charge in [0.2, 0.25) is 0 Å². The maximum atomic E-state index is 5.25. The number of nitrogens with one attached hydrogen (secondary N) is 12. The van der Waals surface area contributed by atoms with Crippen molar-refractivity contribution >= 4 is 132 Å². The van der Waals surface area contributed by atoms with Crippen LogP contribution >= 0.6 is 0 Å². The number of aryl methyl sites for hydroxylation is 6. The van der Waals surface area contributed by atoms with E-state index in [0.717, 1.165) is 302 Å². The number of H-pyrrole nitrogens is 12. The van der Waals surface area contributed by atoms with E-state index in [1.165, 1.54) is 0 Å². The van der Waals surface area contributed by atoms with E-state index in [1.807, 2.05) is 41.5 Å². The third-order valence-corrected chi connectivity index (χ3v) is 23.4. The predicted molar refractivity (Wildman–Crippen MR) is 476 cm³/mol. The molecule has 0 amide bonds. The molecule has 0 aliphatic carbocycles. The molecule has 0 aliphatic heterocycles. The van der Waals surface area contributed by atoms with Crippen LogP contribution in [0.15, 0.2) is 218 Å². The molecule has 0 saturated heterocycles. The zero-order valence-corrected chi connectivity index (χ0v) is 65.2. The van der Waals surface area contributed by atoms with E-state index >= 15 is 0 Å². The molecule has 25 rings (SSSR count). The quantitative estimate of drug-likeness (QED) is 0.0543. The minimum Gasteiger partial charge on any atom is -0.342 e. The number of benzene rings is 13. The van der Waals surface area contributed by atoms with Crippen LogP contribution in [-0.2, 0) is 0 Å². The maximum Gasteiger partial charge on any atom is 0.138 e. The van der Waals surface area contributed by atoms with Crippen molar-refractivity contribution < 1.29 is 0 Å². The third-order valence-electron chi connectivity index (χ3n) is 23.4. The number of nitrogens with zero attached hydrogens (tertiary/aromatic N) is 12. The molecular formula is C96H66N24. The van der Waals surface area contributed by atoms with Gasteiger partial charge in [-0.25, -0.2) is 59.8 Å². The van der Waals surface area contributed by atoms with Crippen molar-refractivity contribution in [1.82, 2.24) is 120 Å². The van der Waals surface area contributed by atoms with E-state index in [1.54, 1.807) is 0 Å². The lowest BCUT2D eigenvalue weighted by molar-refractivity contribution is 1.17. The second kappa shape index (κ2) is 25.0. The van der Waals surface area contributed by atoms with Crippen molar-refractivity contribution in [3.63, 3.8) is 0 Å². The number of fused-ring (bicyclic) bond motifs is 12. The molecule has 13 aromatic carbocycles. The van der Waals surface area contributed by atoms with Gasteiger partial charge in [-0.2, -0.15) is 0 Å². The van der Waals surface area contributed by atoms with Gasteiger partial charge in [-0.3, -0.25) is 0 Å². The molecular weight excluding hydrogens is 1490 g/mol. The molecule has 0 spiro atoms. The molecule has 0 saturated carbocycles. The molecule has 12 heterocycles. The molecule has 12 aromatic heterocycles. The summed E-state index contributed by atoms with van der Waals surface area (Å²) in [5.41, 5.74) is 38.1. The first kappa shape index (κ1) is 66.9. The van der Waals surface area contributed by atoms with Gasteiger partial charge in [-0.1, -0.05) is 146 Å². The van der Waals surface area contributed by atoms with Crippen LogP contribution in [0.5, 0.6) is 0 Å². The van der Waals surface area contributed by atoms with Gasteiger partial charge in [-0.05, 0) is 181 Å². The largest absolute Gasteiger partial charge is 0.342 e. The molecule has 0 radical (unpaired) electrons. The minimum atomic E-state index is 0.728. The van der Waals surface area contributed by atoms with Gasteiger partial charge in [0.25, 0.3) is 0 Å². The first-order valence-electron chi connectivity index (χ1n) is 39.7. The second-order valence-electron chi connectivity index (χ2n) is 31.5. The molecule has 120 heavy (non-hydrogen) atoms. The smallest absolute Gasteiger partial charge is 0.138 e. The van der Waals surface area contributed by atoms with Crippen molar-refractivity contribution in [1.29, 1.82) is 0 Å². The Morgan fingerprint density at radius 3 is 0.375 bits per heavy atom. The first-order valence-corrected chi connectivity index (χ1v) is 39.7. The van der Waals surface area contributed by atoms with Gasteiger partial charge in [-0.15, -0.1) is 0 Å². The Kier molecular flexibility index (Phi) is 13.9. The monoisotopic (exact) mass is 1550 g/mol. The van der Waals surface area contributed by atoms with Gasteiger partial charge < -0.3 is 59.8 Å². The highest BCUT2D eigenvalue weighted by molar-refractivity contribution is 6.16. The van der Waals surface area contributed by atoms with E-state index < -0.39 is 0 Å². The standard InChI is InChI=1S/C96H66N24/c1-43-97-61-31-73-74(32-62(61)98-43)110-91(109-73)55-19-7-49(8-20-55)85-86(50-9-21-56(22-10-50)92-111-75-33-63-64(34-76(75)112-92)100-44(2)99-63)88(52-13-25-58(26-14-52)94-115-79-37-67-68(38-80(79)116-94)104-46(4)103-67)90(54-17-29-60(30-18-54)96-119-83-41-71-72(42-84(83)120-96)108-48(6)107-71)89(53-15-27-59(28-16-53)95-117-81-39-69-70(40-82(81)118-95)106-47(5)105-69)87(85)51-11-23-57(24-12-51)93-113-77-35-65-66(36-78(77)114-93)102-45(3)101-65/h7-42H,1-6H3,(H,97,98)(H,99,100)(H,101,102)(H,103,104)(H,105,106)(H,107,108)(H,109,110)(H,111,112)(H,113,114)(H,115,116)(H,117,118)(H,119,120). The van der Waals surface area contributed by atoms with Crippen LogP contribution in [0.25, 0.3) is 267 Å². The van der Waals surface area contributed by atoms with Crippen molar-refractivity contribution in [2.24, 2.45) is 0 Å². The molecule has 24 nitrogen and oxygen atoms in total. The van der Waals surface area contributed by atoms with Crippen molar-refractivity contribution in [3.8, 4) is 135 Å². The average molecular weight is 1560 g/mol. The maximum absolute atomic E-state index is 5.25. The minimum absolute atomic E-state index is 0.728. The lowest BCUT2D eigenvalue weighted by atomic mass is 9.74. The van der Waals surface area contributed by atoms with E-state index in [-0.39, 0.29) is 0 Å². The first-order chi connectivity index (χ1) is 58.7. The normalized spacial score (nSPS) is 12.2. The number of rotatable bonds is 12. The lowest BCUT2D eigenvalue weighted by Crippen LogP contribution is -2.02. The molecule has 0 unspecified atom stereocenters. The predicted octanol–water partition coefficient (Wildman–Crippen LogP) is 22.1. The highest BCUT2D eigenvalue weighted by Crippen LogP contribution is 2.57. The fraction of sp³-hybridized carbons (Fsp3) is 0.0625. The lowest BCUT2D eigenvalue weighted by Gasteiger charge is -2.29. The Bertz CT molecular complexity index is 6950. The molecule has 0 atom stereocenters. The summed E-state index contributed by atoms with van der Waals surface area (Å²) in [7, 11) is 0. The van der Waals surface area contributed by atoms with Crippen molar-refractivity contribution in [3.05, 3.63) is 253 Å². The van der Waals surface area contributed by atoms with E-state index in [9.17, 15) is 0 Å². The van der Waals surface area contributed by atoms with Crippen LogP contribution in [0.2, 0.25) is 0 Å². The van der Waals surface area contributed by atoms with E-state index in [0.29, 0.717) is 0 Å². The summed E-state index contributed by atoms with van der Waals surface area (Å²) in [4.78, 5) is 103. The molecule has 25 aromatic rings. The molecule has 0 aliphatic rings. The van der Waals surface area contributed by atoms with Gasteiger partial charge >= 0.3 is 0 Å². The summed E-state index contributed by atoms with van der Waals surface area (Å²) in [6, 6.07) is 78.0. The Balaban J connectivity index is 0.767. The highest BCUT2D eigenvalue weighted by Gasteiger charge is 2.31. The number of hydrogen-bond donors (Lipinski definition) is 12. The number of hydrogen-bond acceptors (Lipinski definition) is 12. The number of imidazole rings is 12. The number of aromatic nitrogens is 24. The molecule has 12 N–H and O–H groups in total. The summed E-state index contributed by atoms with van der Waals surface area (Å²) in [6.45, 7) is 11.8. The SMILES string of the molecule is Cc1nc2cc3[nH]c(-c4ccc(-c5c(-c6ccc(-c7nc8cc9[nH]c(C)nc9cc8[nH]7)cc6)c(-c6ccc(-c7nc8cc9[nH]c(C)nc9cc8[nH]7)cc6)c(-c6ccc(-c7nc8cc9[nH]c(C)nc9cc8[nH]7)cc6)c(-c6ccc(-c7nc8cc9[nH]c(C)nc9cc8[nH]7)cc6)c5-c5ccc(-c6nc7cc8[nH]c(C)nc8cc7[nH]6)cc5)cc4)nc3cc2[nH]1. The second-order valence-corrected chi connectivity index (χ2v) is 31.5. The summed E-state index contributed by atoms with van der Waals surface area (Å²) in [6.07, 6.45) is 0. The van der Waals surface area contributed by atoms with Crippen molar-refractivity contribution in [2.45, 2.75) is 41.5 Å². The van der Waals surface area contributed by atoms with E-state index in [4.69, 9.17) is 59.8 Å². The van der Waals surface area contributed by atoms with Crippen LogP contribution < -0.4 is 0 Å². The van der Waals surface area contributed by atoms with Gasteiger partial charge in [0.05, 0.1) is 132 Å². The van der Waals surface area contributed by atoms with Crippen LogP contribution in [0.3, 0.4) is 0 Å². The Morgan fingerprint density at radius 1 is 0.133 bits per heavy atom. The number of aromatic amines is 12. The van der Waals surface area contributed by atoms with Gasteiger partial charge in [0, 0.05) is 33.4 Å². The third kappa shape index (κ3) is 10.8. The summed E-state index contributed by atoms with van der Waals surface area (Å²) < 4.78 is 0. The molecule has 0 fully saturated rings. The summed E-state index contributed by atoms with van der Waals surface area (Å²) in [5, 5.41) is 0. The van der Waals surface area contributed by atoms with Crippen LogP contribution in [0.1, 0.15) is 34.9 Å². The van der Waals surface area contributed by atoms with Gasteiger partial charge in [0.15, 0.2) is 0 Å².